The molecule has 0 aromatic heterocycles. The number of ether oxygens (including phenoxy) is 1. The van der Waals surface area contributed by atoms with E-state index >= 15 is 0 Å². The van der Waals surface area contributed by atoms with Gasteiger partial charge in [0.15, 0.2) is 0 Å². The monoisotopic (exact) mass is 281 g/mol. The fourth-order valence-corrected chi connectivity index (χ4v) is 2.08. The van der Waals surface area contributed by atoms with E-state index in [1.807, 2.05) is 66.7 Å². The summed E-state index contributed by atoms with van der Waals surface area (Å²) < 4.78 is 4.88. The number of hydrogen-bond donors (Lipinski definition) is 1. The predicted octanol–water partition coefficient (Wildman–Crippen LogP) is 3.31. The van der Waals surface area contributed by atoms with Gasteiger partial charge < -0.3 is 10.5 Å². The van der Waals surface area contributed by atoms with Crippen LogP contribution in [0.1, 0.15) is 11.1 Å². The minimum Gasteiger partial charge on any atom is -0.469 e. The van der Waals surface area contributed by atoms with E-state index in [2.05, 4.69) is 0 Å². The lowest BCUT2D eigenvalue weighted by atomic mass is 9.98. The van der Waals surface area contributed by atoms with Gasteiger partial charge in [0.05, 0.1) is 13.0 Å². The molecule has 21 heavy (non-hydrogen) atoms. The normalized spacial score (nSPS) is 12.2. The maximum absolute atomic E-state index is 11.9. The van der Waals surface area contributed by atoms with Crippen LogP contribution in [0.2, 0.25) is 0 Å². The molecule has 3 nitrogen and oxygen atoms in total. The van der Waals surface area contributed by atoms with Gasteiger partial charge in [-0.1, -0.05) is 54.6 Å². The molecule has 0 aliphatic heterocycles. The van der Waals surface area contributed by atoms with Crippen LogP contribution in [0.25, 0.3) is 6.08 Å². The number of rotatable bonds is 5. The fourth-order valence-electron chi connectivity index (χ4n) is 2.08. The molecule has 0 aliphatic carbocycles. The van der Waals surface area contributed by atoms with Gasteiger partial charge in [0.2, 0.25) is 0 Å². The van der Waals surface area contributed by atoms with Gasteiger partial charge in [-0.05, 0) is 29.7 Å². The van der Waals surface area contributed by atoms with E-state index in [4.69, 9.17) is 10.5 Å². The minimum absolute atomic E-state index is 0.231. The lowest BCUT2D eigenvalue weighted by Gasteiger charge is -2.10. The number of nitrogens with two attached hydrogens (primary N) is 1. The number of anilines is 1. The highest BCUT2D eigenvalue weighted by Gasteiger charge is 2.16. The third kappa shape index (κ3) is 4.49. The van der Waals surface area contributed by atoms with Crippen molar-refractivity contribution in [3.05, 3.63) is 71.8 Å². The molecule has 2 N–H and O–H groups in total. The zero-order chi connectivity index (χ0) is 15.1. The summed E-state index contributed by atoms with van der Waals surface area (Å²) in [4.78, 5) is 11.9. The zero-order valence-electron chi connectivity index (χ0n) is 12.0. The third-order valence-electron chi connectivity index (χ3n) is 3.26. The number of methoxy groups -OCH3 is 1. The molecule has 0 saturated carbocycles. The second-order valence-electron chi connectivity index (χ2n) is 4.85. The molecule has 0 heterocycles. The molecule has 2 aromatic carbocycles. The summed E-state index contributed by atoms with van der Waals surface area (Å²) in [5.74, 6) is -0.527. The van der Waals surface area contributed by atoms with E-state index in [-0.39, 0.29) is 11.9 Å². The first-order valence-corrected chi connectivity index (χ1v) is 6.84. The number of carbonyl (C=O) groups is 1. The van der Waals surface area contributed by atoms with Crippen LogP contribution in [0.4, 0.5) is 5.69 Å². The molecule has 0 aliphatic rings. The molecule has 2 aromatic rings. The lowest BCUT2D eigenvalue weighted by molar-refractivity contribution is -0.143. The van der Waals surface area contributed by atoms with Crippen LogP contribution in [0.15, 0.2) is 60.7 Å². The number of hydrogen-bond acceptors (Lipinski definition) is 3. The smallest absolute Gasteiger partial charge is 0.312 e. The largest absolute Gasteiger partial charge is 0.469 e. The summed E-state index contributed by atoms with van der Waals surface area (Å²) in [5.41, 5.74) is 8.49. The Morgan fingerprint density at radius 3 is 2.43 bits per heavy atom. The van der Waals surface area contributed by atoms with Gasteiger partial charge in [0, 0.05) is 5.69 Å². The van der Waals surface area contributed by atoms with Crippen LogP contribution in [0, 0.1) is 5.92 Å². The Hall–Kier alpha value is -2.55. The van der Waals surface area contributed by atoms with Gasteiger partial charge in [-0.3, -0.25) is 4.79 Å². The molecule has 0 bridgehead atoms. The van der Waals surface area contributed by atoms with Gasteiger partial charge in [-0.2, -0.15) is 0 Å². The van der Waals surface area contributed by atoms with Crippen LogP contribution in [0.5, 0.6) is 0 Å². The van der Waals surface area contributed by atoms with Crippen LogP contribution in [0.3, 0.4) is 0 Å². The van der Waals surface area contributed by atoms with Crippen LogP contribution in [-0.4, -0.2) is 13.1 Å². The van der Waals surface area contributed by atoms with Crippen molar-refractivity contribution in [2.75, 3.05) is 12.8 Å². The van der Waals surface area contributed by atoms with E-state index in [0.717, 1.165) is 16.8 Å². The Balaban J connectivity index is 2.13. The zero-order valence-corrected chi connectivity index (χ0v) is 12.0. The summed E-state index contributed by atoms with van der Waals surface area (Å²) in [5, 5.41) is 0. The van der Waals surface area contributed by atoms with Crippen LogP contribution < -0.4 is 5.73 Å². The standard InChI is InChI=1S/C18H19NO2/c1-21-18(20)16(13-15-5-3-2-4-6-15)10-7-14-8-11-17(19)12-9-14/h2-12,16H,13,19H2,1H3/b10-7+. The van der Waals surface area contributed by atoms with Crippen LogP contribution >= 0.6 is 0 Å². The molecule has 0 amide bonds. The molecule has 1 unspecified atom stereocenters. The Morgan fingerprint density at radius 1 is 1.14 bits per heavy atom. The Morgan fingerprint density at radius 2 is 1.81 bits per heavy atom. The van der Waals surface area contributed by atoms with Crippen molar-refractivity contribution >= 4 is 17.7 Å². The lowest BCUT2D eigenvalue weighted by Crippen LogP contribution is -2.16. The molecule has 3 heteroatoms. The van der Waals surface area contributed by atoms with Crippen molar-refractivity contribution in [1.29, 1.82) is 0 Å². The predicted molar refractivity (Wildman–Crippen MR) is 85.5 cm³/mol. The number of benzene rings is 2. The van der Waals surface area contributed by atoms with E-state index in [0.29, 0.717) is 6.42 Å². The first kappa shape index (κ1) is 14.9. The van der Waals surface area contributed by atoms with Crippen molar-refractivity contribution in [3.63, 3.8) is 0 Å². The van der Waals surface area contributed by atoms with Gasteiger partial charge >= 0.3 is 5.97 Å². The van der Waals surface area contributed by atoms with Crippen LogP contribution in [-0.2, 0) is 16.0 Å². The third-order valence-corrected chi connectivity index (χ3v) is 3.26. The molecule has 2 rings (SSSR count). The average Bonchev–Trinajstić information content (AvgIpc) is 2.53. The highest BCUT2D eigenvalue weighted by atomic mass is 16.5. The first-order valence-electron chi connectivity index (χ1n) is 6.84. The summed E-state index contributed by atoms with van der Waals surface area (Å²) in [6, 6.07) is 17.4. The highest BCUT2D eigenvalue weighted by molar-refractivity contribution is 5.76. The number of carbonyl (C=O) groups excluding carboxylic acids is 1. The van der Waals surface area contributed by atoms with Gasteiger partial charge in [0.25, 0.3) is 0 Å². The second-order valence-corrected chi connectivity index (χ2v) is 4.85. The maximum atomic E-state index is 11.9. The van der Waals surface area contributed by atoms with E-state index in [1.165, 1.54) is 7.11 Å². The SMILES string of the molecule is COC(=O)C(/C=C/c1ccc(N)cc1)Cc1ccccc1. The van der Waals surface area contributed by atoms with Crippen molar-refractivity contribution in [1.82, 2.24) is 0 Å². The van der Waals surface area contributed by atoms with Gasteiger partial charge in [-0.25, -0.2) is 0 Å². The van der Waals surface area contributed by atoms with E-state index in [9.17, 15) is 4.79 Å². The van der Waals surface area contributed by atoms with E-state index in [1.54, 1.807) is 0 Å². The molecule has 0 radical (unpaired) electrons. The van der Waals surface area contributed by atoms with Crippen molar-refractivity contribution in [2.45, 2.75) is 6.42 Å². The molecule has 0 saturated heterocycles. The topological polar surface area (TPSA) is 52.3 Å². The number of esters is 1. The van der Waals surface area contributed by atoms with Crippen molar-refractivity contribution in [2.24, 2.45) is 5.92 Å². The minimum atomic E-state index is -0.296. The second kappa shape index (κ2) is 7.29. The molecular weight excluding hydrogens is 262 g/mol. The fraction of sp³-hybridized carbons (Fsp3) is 0.167. The molecular formula is C18H19NO2. The van der Waals surface area contributed by atoms with Crippen molar-refractivity contribution in [3.8, 4) is 0 Å². The maximum Gasteiger partial charge on any atom is 0.312 e. The van der Waals surface area contributed by atoms with Gasteiger partial charge in [0.1, 0.15) is 0 Å². The Labute approximate surface area is 125 Å². The summed E-state index contributed by atoms with van der Waals surface area (Å²) in [6.07, 6.45) is 4.42. The average molecular weight is 281 g/mol. The molecule has 108 valence electrons. The molecule has 0 fully saturated rings. The highest BCUT2D eigenvalue weighted by Crippen LogP contribution is 2.15. The summed E-state index contributed by atoms with van der Waals surface area (Å²) >= 11 is 0. The van der Waals surface area contributed by atoms with Gasteiger partial charge in [-0.15, -0.1) is 0 Å². The Bertz CT molecular complexity index is 603. The van der Waals surface area contributed by atoms with E-state index < -0.39 is 0 Å². The summed E-state index contributed by atoms with van der Waals surface area (Å²) in [6.45, 7) is 0. The summed E-state index contributed by atoms with van der Waals surface area (Å²) in [7, 11) is 1.41. The Kier molecular flexibility index (Phi) is 5.16. The number of nitrogen functional groups attached to an aromatic ring is 1. The molecule has 1 atom stereocenters. The first-order chi connectivity index (χ1) is 10.2. The quantitative estimate of drug-likeness (QED) is 0.675. The van der Waals surface area contributed by atoms with Crippen molar-refractivity contribution < 1.29 is 9.53 Å². The molecule has 0 spiro atoms.